The van der Waals surface area contributed by atoms with Gasteiger partial charge in [-0.1, -0.05) is 30.7 Å². The van der Waals surface area contributed by atoms with Gasteiger partial charge in [0.2, 0.25) is 0 Å². The van der Waals surface area contributed by atoms with Gasteiger partial charge in [0, 0.05) is 0 Å². The van der Waals surface area contributed by atoms with Crippen molar-refractivity contribution in [1.29, 1.82) is 0 Å². The predicted molar refractivity (Wildman–Crippen MR) is 111 cm³/mol. The second kappa shape index (κ2) is 7.33. The van der Waals surface area contributed by atoms with Gasteiger partial charge in [0.1, 0.15) is 22.7 Å². The van der Waals surface area contributed by atoms with Gasteiger partial charge < -0.3 is 10.5 Å². The van der Waals surface area contributed by atoms with Gasteiger partial charge in [-0.3, -0.25) is 4.57 Å². The Morgan fingerprint density at radius 1 is 1.24 bits per heavy atom. The van der Waals surface area contributed by atoms with E-state index in [-0.39, 0.29) is 22.5 Å². The van der Waals surface area contributed by atoms with Crippen LogP contribution in [0.2, 0.25) is 5.02 Å². The summed E-state index contributed by atoms with van der Waals surface area (Å²) >= 11 is 5.96. The SMILES string of the molecule is CC[C@H](C)OC(=O)c1c(N)n(-c2ccc(F)c(Cl)c2)c2nc3ccccc3nc12. The topological polar surface area (TPSA) is 83.0 Å². The summed E-state index contributed by atoms with van der Waals surface area (Å²) in [6.45, 7) is 3.71. The van der Waals surface area contributed by atoms with Crippen LogP contribution in [0.15, 0.2) is 42.5 Å². The predicted octanol–water partition coefficient (Wildman–Crippen LogP) is 4.90. The molecule has 2 heterocycles. The number of carbonyl (C=O) groups is 1. The maximum Gasteiger partial charge on any atom is 0.344 e. The number of carbonyl (C=O) groups excluding carboxylic acids is 1. The lowest BCUT2D eigenvalue weighted by Gasteiger charge is -2.11. The molecule has 0 radical (unpaired) electrons. The van der Waals surface area contributed by atoms with Gasteiger partial charge in [-0.25, -0.2) is 19.2 Å². The monoisotopic (exact) mass is 412 g/mol. The molecule has 0 aliphatic heterocycles. The van der Waals surface area contributed by atoms with E-state index in [1.54, 1.807) is 13.0 Å². The van der Waals surface area contributed by atoms with E-state index in [9.17, 15) is 9.18 Å². The smallest absolute Gasteiger partial charge is 0.344 e. The highest BCUT2D eigenvalue weighted by atomic mass is 35.5. The van der Waals surface area contributed by atoms with Gasteiger partial charge in [0.05, 0.1) is 27.8 Å². The van der Waals surface area contributed by atoms with Crippen molar-refractivity contribution >= 4 is 45.6 Å². The normalized spacial score (nSPS) is 12.4. The van der Waals surface area contributed by atoms with Crippen LogP contribution in [0, 0.1) is 5.82 Å². The van der Waals surface area contributed by atoms with E-state index in [4.69, 9.17) is 22.1 Å². The van der Waals surface area contributed by atoms with Crippen LogP contribution in [0.3, 0.4) is 0 Å². The highest BCUT2D eigenvalue weighted by molar-refractivity contribution is 6.31. The Morgan fingerprint density at radius 2 is 1.93 bits per heavy atom. The molecule has 0 spiro atoms. The zero-order valence-electron chi connectivity index (χ0n) is 15.8. The summed E-state index contributed by atoms with van der Waals surface area (Å²) in [5, 5.41) is -0.0683. The minimum Gasteiger partial charge on any atom is -0.459 e. The van der Waals surface area contributed by atoms with E-state index in [0.717, 1.165) is 0 Å². The number of hydrogen-bond acceptors (Lipinski definition) is 5. The second-order valence-electron chi connectivity index (χ2n) is 6.70. The molecule has 0 saturated carbocycles. The molecular weight excluding hydrogens is 395 g/mol. The summed E-state index contributed by atoms with van der Waals surface area (Å²) in [6, 6.07) is 11.4. The Morgan fingerprint density at radius 3 is 2.59 bits per heavy atom. The number of halogens is 2. The van der Waals surface area contributed by atoms with Crippen molar-refractivity contribution in [3.63, 3.8) is 0 Å². The van der Waals surface area contributed by atoms with Gasteiger partial charge in [0.25, 0.3) is 0 Å². The molecule has 2 aromatic heterocycles. The molecule has 0 unspecified atom stereocenters. The second-order valence-corrected chi connectivity index (χ2v) is 7.11. The number of anilines is 1. The third kappa shape index (κ3) is 3.27. The average Bonchev–Trinajstić information content (AvgIpc) is 2.99. The van der Waals surface area contributed by atoms with Gasteiger partial charge in [0.15, 0.2) is 5.65 Å². The van der Waals surface area contributed by atoms with Crippen LogP contribution >= 0.6 is 11.6 Å². The molecule has 2 N–H and O–H groups in total. The Bertz CT molecular complexity index is 1250. The first-order valence-electron chi connectivity index (χ1n) is 9.13. The molecule has 0 fully saturated rings. The van der Waals surface area contributed by atoms with E-state index < -0.39 is 11.8 Å². The van der Waals surface area contributed by atoms with Crippen LogP contribution in [0.25, 0.3) is 27.9 Å². The number of rotatable bonds is 4. The Kier molecular flexibility index (Phi) is 4.84. The number of nitrogens with two attached hydrogens (primary N) is 1. The molecule has 29 heavy (non-hydrogen) atoms. The van der Waals surface area contributed by atoms with E-state index in [1.165, 1.54) is 22.8 Å². The highest BCUT2D eigenvalue weighted by Crippen LogP contribution is 2.33. The maximum absolute atomic E-state index is 13.7. The van der Waals surface area contributed by atoms with Crippen molar-refractivity contribution in [3.05, 3.63) is 58.9 Å². The number of benzene rings is 2. The molecule has 0 saturated heterocycles. The first kappa shape index (κ1) is 19.1. The summed E-state index contributed by atoms with van der Waals surface area (Å²) in [7, 11) is 0. The molecule has 0 aliphatic carbocycles. The van der Waals surface area contributed by atoms with Crippen molar-refractivity contribution < 1.29 is 13.9 Å². The van der Waals surface area contributed by atoms with Crippen LogP contribution in [-0.2, 0) is 4.74 Å². The van der Waals surface area contributed by atoms with Crippen LogP contribution in [0.5, 0.6) is 0 Å². The molecule has 0 amide bonds. The zero-order chi connectivity index (χ0) is 20.7. The lowest BCUT2D eigenvalue weighted by molar-refractivity contribution is 0.0338. The van der Waals surface area contributed by atoms with Crippen LogP contribution in [-0.4, -0.2) is 26.6 Å². The Hall–Kier alpha value is -3.19. The third-order valence-corrected chi connectivity index (χ3v) is 5.04. The number of para-hydroxylation sites is 2. The first-order chi connectivity index (χ1) is 13.9. The molecule has 0 bridgehead atoms. The summed E-state index contributed by atoms with van der Waals surface area (Å²) in [4.78, 5) is 22.1. The van der Waals surface area contributed by atoms with E-state index in [0.29, 0.717) is 34.3 Å². The molecule has 1 atom stereocenters. The lowest BCUT2D eigenvalue weighted by Crippen LogP contribution is -2.15. The fraction of sp³-hybridized carbons (Fsp3) is 0.190. The van der Waals surface area contributed by atoms with Crippen LogP contribution in [0.4, 0.5) is 10.2 Å². The van der Waals surface area contributed by atoms with Crippen molar-refractivity contribution in [2.24, 2.45) is 0 Å². The molecule has 2 aromatic carbocycles. The van der Waals surface area contributed by atoms with Crippen molar-refractivity contribution in [1.82, 2.24) is 14.5 Å². The molecule has 6 nitrogen and oxygen atoms in total. The number of nitrogens with zero attached hydrogens (tertiary/aromatic N) is 3. The maximum atomic E-state index is 13.7. The van der Waals surface area contributed by atoms with E-state index in [1.807, 2.05) is 25.1 Å². The number of hydrogen-bond donors (Lipinski definition) is 1. The van der Waals surface area contributed by atoms with Crippen molar-refractivity contribution in [2.75, 3.05) is 5.73 Å². The van der Waals surface area contributed by atoms with E-state index in [2.05, 4.69) is 9.97 Å². The van der Waals surface area contributed by atoms with Gasteiger partial charge in [-0.05, 0) is 43.7 Å². The van der Waals surface area contributed by atoms with Crippen molar-refractivity contribution in [3.8, 4) is 5.69 Å². The van der Waals surface area contributed by atoms with Crippen molar-refractivity contribution in [2.45, 2.75) is 26.4 Å². The fourth-order valence-electron chi connectivity index (χ4n) is 3.07. The summed E-state index contributed by atoms with van der Waals surface area (Å²) in [5.74, 6) is -1.04. The average molecular weight is 413 g/mol. The minimum absolute atomic E-state index is 0.0683. The van der Waals surface area contributed by atoms with E-state index >= 15 is 0 Å². The quantitative estimate of drug-likeness (QED) is 0.482. The fourth-order valence-corrected chi connectivity index (χ4v) is 3.25. The lowest BCUT2D eigenvalue weighted by atomic mass is 10.2. The number of aromatic nitrogens is 3. The number of fused-ring (bicyclic) bond motifs is 2. The molecule has 4 aromatic rings. The van der Waals surface area contributed by atoms with Gasteiger partial charge in [-0.2, -0.15) is 0 Å². The standard InChI is InChI=1S/C21H18ClFN4O2/c1-3-11(2)29-21(28)17-18-20(26-16-7-5-4-6-15(16)25-18)27(19(17)24)12-8-9-14(23)13(22)10-12/h4-11H,3,24H2,1-2H3/t11-/m0/s1. The first-order valence-corrected chi connectivity index (χ1v) is 9.51. The number of nitrogen functional groups attached to an aromatic ring is 1. The molecular formula is C21H18ClFN4O2. The third-order valence-electron chi connectivity index (χ3n) is 4.75. The summed E-state index contributed by atoms with van der Waals surface area (Å²) < 4.78 is 20.7. The Balaban J connectivity index is 2.04. The summed E-state index contributed by atoms with van der Waals surface area (Å²) in [5.41, 5.74) is 8.88. The minimum atomic E-state index is -0.585. The summed E-state index contributed by atoms with van der Waals surface area (Å²) in [6.07, 6.45) is 0.376. The molecule has 4 rings (SSSR count). The molecule has 148 valence electrons. The number of esters is 1. The van der Waals surface area contributed by atoms with Gasteiger partial charge in [-0.15, -0.1) is 0 Å². The largest absolute Gasteiger partial charge is 0.459 e. The molecule has 8 heteroatoms. The van der Waals surface area contributed by atoms with Gasteiger partial charge >= 0.3 is 5.97 Å². The molecule has 0 aliphatic rings. The Labute approximate surface area is 171 Å². The zero-order valence-corrected chi connectivity index (χ0v) is 16.6. The van der Waals surface area contributed by atoms with Crippen LogP contribution < -0.4 is 5.73 Å². The highest BCUT2D eigenvalue weighted by Gasteiger charge is 2.27. The number of ether oxygens (including phenoxy) is 1. The van der Waals surface area contributed by atoms with Crippen LogP contribution in [0.1, 0.15) is 30.6 Å².